The monoisotopic (exact) mass is 305 g/mol. The summed E-state index contributed by atoms with van der Waals surface area (Å²) in [7, 11) is 0. The number of alkyl halides is 3. The van der Waals surface area contributed by atoms with Gasteiger partial charge in [-0.1, -0.05) is 12.1 Å². The summed E-state index contributed by atoms with van der Waals surface area (Å²) in [4.78, 5) is 11.6. The molecule has 4 nitrogen and oxygen atoms in total. The van der Waals surface area contributed by atoms with E-state index in [0.717, 1.165) is 6.07 Å². The number of amides is 1. The van der Waals surface area contributed by atoms with Gasteiger partial charge in [-0.25, -0.2) is 4.79 Å². The molecule has 0 aliphatic carbocycles. The highest BCUT2D eigenvalue weighted by Gasteiger charge is 2.35. The molecule has 0 heterocycles. The highest BCUT2D eigenvalue weighted by Crippen LogP contribution is 2.39. The molecule has 1 atom stereocenters. The Hall–Kier alpha value is -1.92. The molecule has 0 bridgehead atoms. The number of hydrogen-bond donors (Lipinski definition) is 2. The van der Waals surface area contributed by atoms with Gasteiger partial charge in [0.15, 0.2) is 0 Å². The summed E-state index contributed by atoms with van der Waals surface area (Å²) in [6, 6.07) is 2.43. The van der Waals surface area contributed by atoms with Crippen LogP contribution >= 0.6 is 0 Å². The van der Waals surface area contributed by atoms with Gasteiger partial charge in [0.1, 0.15) is 11.4 Å². The zero-order chi connectivity index (χ0) is 16.4. The van der Waals surface area contributed by atoms with E-state index in [4.69, 9.17) is 4.74 Å². The minimum Gasteiger partial charge on any atom is -0.507 e. The van der Waals surface area contributed by atoms with Crippen molar-refractivity contribution in [2.24, 2.45) is 0 Å². The summed E-state index contributed by atoms with van der Waals surface area (Å²) in [5.41, 5.74) is -1.90. The second kappa shape index (κ2) is 5.83. The molecule has 1 aromatic rings. The number of nitrogens with one attached hydrogen (secondary N) is 1. The van der Waals surface area contributed by atoms with Crippen LogP contribution in [0.1, 0.15) is 44.9 Å². The summed E-state index contributed by atoms with van der Waals surface area (Å²) < 4.78 is 43.1. The normalized spacial score (nSPS) is 13.7. The Morgan fingerprint density at radius 3 is 2.33 bits per heavy atom. The van der Waals surface area contributed by atoms with Crippen LogP contribution in [-0.2, 0) is 10.9 Å². The molecule has 0 aromatic heterocycles. The van der Waals surface area contributed by atoms with Gasteiger partial charge in [0.2, 0.25) is 0 Å². The molecule has 0 aliphatic rings. The molecule has 0 radical (unpaired) electrons. The van der Waals surface area contributed by atoms with Crippen LogP contribution in [0.3, 0.4) is 0 Å². The molecule has 2 N–H and O–H groups in total. The number of para-hydroxylation sites is 1. The number of phenolic OH excluding ortho intramolecular Hbond substituents is 1. The Bertz CT molecular complexity index is 521. The van der Waals surface area contributed by atoms with Crippen molar-refractivity contribution < 1.29 is 27.8 Å². The van der Waals surface area contributed by atoms with Crippen LogP contribution in [0.5, 0.6) is 5.75 Å². The standard InChI is InChI=1S/C14H18F3NO3/c1-8(18-12(20)21-13(2,3)4)9-6-5-7-10(11(9)19)14(15,16)17/h5-8,19H,1-4H3,(H,18,20)/t8-/m1/s1. The number of rotatable bonds is 2. The van der Waals surface area contributed by atoms with Gasteiger partial charge in [-0.15, -0.1) is 0 Å². The lowest BCUT2D eigenvalue weighted by atomic mass is 10.0. The lowest BCUT2D eigenvalue weighted by Crippen LogP contribution is -2.34. The van der Waals surface area contributed by atoms with Gasteiger partial charge in [0.25, 0.3) is 0 Å². The summed E-state index contributed by atoms with van der Waals surface area (Å²) >= 11 is 0. The number of ether oxygens (including phenoxy) is 1. The van der Waals surface area contributed by atoms with E-state index >= 15 is 0 Å². The topological polar surface area (TPSA) is 58.6 Å². The zero-order valence-electron chi connectivity index (χ0n) is 12.2. The number of benzene rings is 1. The molecule has 0 fully saturated rings. The predicted octanol–water partition coefficient (Wildman–Crippen LogP) is 4.00. The zero-order valence-corrected chi connectivity index (χ0v) is 12.2. The number of hydrogen-bond acceptors (Lipinski definition) is 3. The fourth-order valence-electron chi connectivity index (χ4n) is 1.70. The van der Waals surface area contributed by atoms with Gasteiger partial charge in [-0.05, 0) is 33.8 Å². The maximum Gasteiger partial charge on any atom is 0.419 e. The lowest BCUT2D eigenvalue weighted by Gasteiger charge is -2.23. The SMILES string of the molecule is C[C@@H](NC(=O)OC(C)(C)C)c1cccc(C(F)(F)F)c1O. The Kier molecular flexibility index (Phi) is 4.76. The largest absolute Gasteiger partial charge is 0.507 e. The molecule has 1 rings (SSSR count). The Morgan fingerprint density at radius 1 is 1.29 bits per heavy atom. The number of halogens is 3. The average Bonchev–Trinajstić information content (AvgIpc) is 2.24. The number of aromatic hydroxyl groups is 1. The summed E-state index contributed by atoms with van der Waals surface area (Å²) in [5.74, 6) is -0.895. The second-order valence-corrected chi connectivity index (χ2v) is 5.61. The molecule has 21 heavy (non-hydrogen) atoms. The van der Waals surface area contributed by atoms with Crippen LogP contribution < -0.4 is 5.32 Å². The first kappa shape index (κ1) is 17.1. The molecule has 7 heteroatoms. The maximum atomic E-state index is 12.7. The third kappa shape index (κ3) is 4.84. The van der Waals surface area contributed by atoms with Crippen molar-refractivity contribution >= 4 is 6.09 Å². The van der Waals surface area contributed by atoms with E-state index in [9.17, 15) is 23.1 Å². The van der Waals surface area contributed by atoms with Crippen molar-refractivity contribution in [3.05, 3.63) is 29.3 Å². The second-order valence-electron chi connectivity index (χ2n) is 5.61. The quantitative estimate of drug-likeness (QED) is 0.868. The third-order valence-corrected chi connectivity index (χ3v) is 2.57. The van der Waals surface area contributed by atoms with Crippen molar-refractivity contribution in [2.45, 2.75) is 45.5 Å². The molecule has 0 unspecified atom stereocenters. The van der Waals surface area contributed by atoms with E-state index in [1.165, 1.54) is 19.1 Å². The lowest BCUT2D eigenvalue weighted by molar-refractivity contribution is -0.138. The van der Waals surface area contributed by atoms with E-state index < -0.39 is 35.2 Å². The molecule has 0 spiro atoms. The molecule has 0 saturated heterocycles. The molecule has 0 saturated carbocycles. The molecule has 0 aliphatic heterocycles. The van der Waals surface area contributed by atoms with Crippen LogP contribution in [0.15, 0.2) is 18.2 Å². The van der Waals surface area contributed by atoms with Crippen LogP contribution in [0.25, 0.3) is 0 Å². The van der Waals surface area contributed by atoms with E-state index in [-0.39, 0.29) is 5.56 Å². The first-order valence-electron chi connectivity index (χ1n) is 6.30. The van der Waals surface area contributed by atoms with Crippen molar-refractivity contribution in [3.63, 3.8) is 0 Å². The highest BCUT2D eigenvalue weighted by molar-refractivity contribution is 5.68. The Labute approximate surface area is 120 Å². The Balaban J connectivity index is 2.94. The van der Waals surface area contributed by atoms with Gasteiger partial charge in [0.05, 0.1) is 11.6 Å². The minimum absolute atomic E-state index is 0.0318. The van der Waals surface area contributed by atoms with Crippen LogP contribution in [0, 0.1) is 0 Å². The van der Waals surface area contributed by atoms with Gasteiger partial charge >= 0.3 is 12.3 Å². The van der Waals surface area contributed by atoms with Crippen molar-refractivity contribution in [1.82, 2.24) is 5.32 Å². The number of phenols is 1. The smallest absolute Gasteiger partial charge is 0.419 e. The molecule has 118 valence electrons. The highest BCUT2D eigenvalue weighted by atomic mass is 19.4. The first-order chi connectivity index (χ1) is 9.42. The Morgan fingerprint density at radius 2 is 1.86 bits per heavy atom. The average molecular weight is 305 g/mol. The number of carbonyl (C=O) groups excluding carboxylic acids is 1. The van der Waals surface area contributed by atoms with Crippen LogP contribution in [-0.4, -0.2) is 16.8 Å². The fourth-order valence-corrected chi connectivity index (χ4v) is 1.70. The number of carbonyl (C=O) groups is 1. The van der Waals surface area contributed by atoms with E-state index in [1.54, 1.807) is 20.8 Å². The summed E-state index contributed by atoms with van der Waals surface area (Å²) in [6.45, 7) is 6.45. The molecule has 1 amide bonds. The maximum absolute atomic E-state index is 12.7. The third-order valence-electron chi connectivity index (χ3n) is 2.57. The fraction of sp³-hybridized carbons (Fsp3) is 0.500. The molecular weight excluding hydrogens is 287 g/mol. The van der Waals surface area contributed by atoms with Gasteiger partial charge in [0, 0.05) is 5.56 Å². The van der Waals surface area contributed by atoms with E-state index in [2.05, 4.69) is 5.32 Å². The van der Waals surface area contributed by atoms with Crippen LogP contribution in [0.4, 0.5) is 18.0 Å². The van der Waals surface area contributed by atoms with E-state index in [1.807, 2.05) is 0 Å². The summed E-state index contributed by atoms with van der Waals surface area (Å²) in [6.07, 6.45) is -5.43. The minimum atomic E-state index is -4.66. The van der Waals surface area contributed by atoms with Crippen molar-refractivity contribution in [1.29, 1.82) is 0 Å². The molecular formula is C14H18F3NO3. The van der Waals surface area contributed by atoms with Crippen molar-refractivity contribution in [2.75, 3.05) is 0 Å². The number of alkyl carbamates (subject to hydrolysis) is 1. The van der Waals surface area contributed by atoms with Crippen LogP contribution in [0.2, 0.25) is 0 Å². The summed E-state index contributed by atoms with van der Waals surface area (Å²) in [5, 5.41) is 12.1. The van der Waals surface area contributed by atoms with Gasteiger partial charge in [-0.2, -0.15) is 13.2 Å². The molecule has 1 aromatic carbocycles. The van der Waals surface area contributed by atoms with Gasteiger partial charge in [-0.3, -0.25) is 0 Å². The first-order valence-corrected chi connectivity index (χ1v) is 6.30. The van der Waals surface area contributed by atoms with E-state index in [0.29, 0.717) is 0 Å². The predicted molar refractivity (Wildman–Crippen MR) is 70.9 cm³/mol. The van der Waals surface area contributed by atoms with Crippen molar-refractivity contribution in [3.8, 4) is 5.75 Å². The van der Waals surface area contributed by atoms with Gasteiger partial charge < -0.3 is 15.2 Å².